The van der Waals surface area contributed by atoms with Crippen molar-refractivity contribution in [1.29, 1.82) is 0 Å². The molecule has 2 heterocycles. The minimum atomic E-state index is -0.227. The summed E-state index contributed by atoms with van der Waals surface area (Å²) in [5.74, 6) is 2.13. The number of hydrogen-bond acceptors (Lipinski definition) is 5. The van der Waals surface area contributed by atoms with Crippen molar-refractivity contribution in [2.45, 2.75) is 18.8 Å². The number of rotatable bonds is 4. The molecule has 0 saturated carbocycles. The summed E-state index contributed by atoms with van der Waals surface area (Å²) < 4.78 is 10.6. The molecule has 0 spiro atoms. The molecule has 0 unspecified atom stereocenters. The van der Waals surface area contributed by atoms with Gasteiger partial charge < -0.3 is 19.8 Å². The highest BCUT2D eigenvalue weighted by Crippen LogP contribution is 2.29. The van der Waals surface area contributed by atoms with Crippen LogP contribution in [0.4, 0.5) is 0 Å². The average molecular weight is 365 g/mol. The predicted molar refractivity (Wildman–Crippen MR) is 106 cm³/mol. The Balaban J connectivity index is 1.74. The van der Waals surface area contributed by atoms with Crippen LogP contribution in [0.2, 0.25) is 0 Å². The highest BCUT2D eigenvalue weighted by atomic mass is 16.5. The molecule has 1 atom stereocenters. The number of piperidine rings is 1. The van der Waals surface area contributed by atoms with Crippen LogP contribution in [0.5, 0.6) is 11.5 Å². The Labute approximate surface area is 157 Å². The lowest BCUT2D eigenvalue weighted by Crippen LogP contribution is -2.28. The van der Waals surface area contributed by atoms with Gasteiger partial charge in [-0.1, -0.05) is 24.3 Å². The Kier molecular flexibility index (Phi) is 4.81. The summed E-state index contributed by atoms with van der Waals surface area (Å²) in [7, 11) is 3.11. The van der Waals surface area contributed by atoms with E-state index in [1.807, 2.05) is 12.1 Å². The van der Waals surface area contributed by atoms with Gasteiger partial charge in [-0.15, -0.1) is 0 Å². The smallest absolute Gasteiger partial charge is 0.262 e. The van der Waals surface area contributed by atoms with Crippen LogP contribution < -0.4 is 20.3 Å². The van der Waals surface area contributed by atoms with Crippen molar-refractivity contribution in [2.24, 2.45) is 0 Å². The Morgan fingerprint density at radius 3 is 2.59 bits per heavy atom. The van der Waals surface area contributed by atoms with Crippen LogP contribution in [0, 0.1) is 0 Å². The van der Waals surface area contributed by atoms with E-state index in [1.165, 1.54) is 25.5 Å². The number of aromatic nitrogens is 2. The van der Waals surface area contributed by atoms with Gasteiger partial charge in [0.15, 0.2) is 0 Å². The summed E-state index contributed by atoms with van der Waals surface area (Å²) in [6.45, 7) is 2.12. The molecule has 140 valence electrons. The van der Waals surface area contributed by atoms with Crippen LogP contribution in [-0.4, -0.2) is 37.3 Å². The molecule has 3 aromatic rings. The monoisotopic (exact) mass is 365 g/mol. The lowest BCUT2D eigenvalue weighted by Gasteiger charge is -2.23. The fourth-order valence-corrected chi connectivity index (χ4v) is 3.68. The van der Waals surface area contributed by atoms with Gasteiger partial charge in [0, 0.05) is 24.2 Å². The van der Waals surface area contributed by atoms with Crippen LogP contribution in [-0.2, 0) is 0 Å². The number of H-pyrrole nitrogens is 1. The third kappa shape index (κ3) is 3.40. The van der Waals surface area contributed by atoms with Crippen molar-refractivity contribution in [1.82, 2.24) is 15.3 Å². The van der Waals surface area contributed by atoms with E-state index in [2.05, 4.69) is 27.4 Å². The van der Waals surface area contributed by atoms with E-state index in [9.17, 15) is 4.79 Å². The summed E-state index contributed by atoms with van der Waals surface area (Å²) in [5, 5.41) is 3.87. The van der Waals surface area contributed by atoms with Crippen molar-refractivity contribution >= 4 is 10.9 Å². The van der Waals surface area contributed by atoms with Gasteiger partial charge in [0.05, 0.1) is 19.7 Å². The molecule has 1 aromatic heterocycles. The average Bonchev–Trinajstić information content (AvgIpc) is 2.73. The van der Waals surface area contributed by atoms with E-state index < -0.39 is 0 Å². The van der Waals surface area contributed by atoms with E-state index in [0.717, 1.165) is 18.7 Å². The van der Waals surface area contributed by atoms with Crippen LogP contribution in [0.15, 0.2) is 41.2 Å². The second kappa shape index (κ2) is 7.40. The summed E-state index contributed by atoms with van der Waals surface area (Å²) in [6, 6.07) is 11.7. The highest BCUT2D eigenvalue weighted by Gasteiger charge is 2.16. The second-order valence-corrected chi connectivity index (χ2v) is 6.80. The fraction of sp³-hybridized carbons (Fsp3) is 0.333. The van der Waals surface area contributed by atoms with Gasteiger partial charge in [0.1, 0.15) is 22.7 Å². The van der Waals surface area contributed by atoms with E-state index in [-0.39, 0.29) is 5.56 Å². The summed E-state index contributed by atoms with van der Waals surface area (Å²) in [5.41, 5.74) is 2.52. The minimum absolute atomic E-state index is 0.227. The molecule has 2 N–H and O–H groups in total. The van der Waals surface area contributed by atoms with Crippen LogP contribution >= 0.6 is 0 Å². The topological polar surface area (TPSA) is 76.2 Å². The van der Waals surface area contributed by atoms with Crippen molar-refractivity contribution < 1.29 is 9.47 Å². The van der Waals surface area contributed by atoms with E-state index in [1.54, 1.807) is 19.2 Å². The molecule has 0 radical (unpaired) electrons. The zero-order chi connectivity index (χ0) is 18.8. The molecule has 2 aromatic carbocycles. The maximum atomic E-state index is 12.6. The molecule has 1 saturated heterocycles. The SMILES string of the molecule is COc1cc(OC)c2c(=O)[nH]c(-c3ccc([C@@H]4CCCNC4)cc3)nc2c1. The molecule has 1 aliphatic heterocycles. The van der Waals surface area contributed by atoms with Gasteiger partial charge in [0.2, 0.25) is 0 Å². The van der Waals surface area contributed by atoms with Gasteiger partial charge in [-0.25, -0.2) is 4.98 Å². The van der Waals surface area contributed by atoms with Gasteiger partial charge >= 0.3 is 0 Å². The number of aromatic amines is 1. The maximum Gasteiger partial charge on any atom is 0.262 e. The molecule has 1 aliphatic rings. The molecule has 0 amide bonds. The normalized spacial score (nSPS) is 17.0. The van der Waals surface area contributed by atoms with Crippen molar-refractivity contribution in [2.75, 3.05) is 27.3 Å². The quantitative estimate of drug-likeness (QED) is 0.743. The van der Waals surface area contributed by atoms with Crippen LogP contribution in [0.25, 0.3) is 22.3 Å². The van der Waals surface area contributed by atoms with E-state index >= 15 is 0 Å². The first-order valence-corrected chi connectivity index (χ1v) is 9.16. The first kappa shape index (κ1) is 17.5. The Hall–Kier alpha value is -2.86. The third-order valence-electron chi connectivity index (χ3n) is 5.15. The third-order valence-corrected chi connectivity index (χ3v) is 5.15. The number of nitrogens with zero attached hydrogens (tertiary/aromatic N) is 1. The molecule has 1 fully saturated rings. The largest absolute Gasteiger partial charge is 0.497 e. The first-order valence-electron chi connectivity index (χ1n) is 9.16. The Morgan fingerprint density at radius 2 is 1.93 bits per heavy atom. The van der Waals surface area contributed by atoms with Crippen molar-refractivity contribution in [3.8, 4) is 22.9 Å². The Morgan fingerprint density at radius 1 is 1.11 bits per heavy atom. The zero-order valence-electron chi connectivity index (χ0n) is 15.5. The number of ether oxygens (including phenoxy) is 2. The van der Waals surface area contributed by atoms with Crippen LogP contribution in [0.1, 0.15) is 24.3 Å². The Bertz CT molecular complexity index is 1010. The standard InChI is InChI=1S/C21H23N3O3/c1-26-16-10-17-19(18(11-16)27-2)21(25)24-20(23-17)14-7-5-13(6-8-14)15-4-3-9-22-12-15/h5-8,10-11,15,22H,3-4,9,12H2,1-2H3,(H,23,24,25)/t15-/m1/s1. The predicted octanol–water partition coefficient (Wildman–Crippen LogP) is 3.07. The lowest BCUT2D eigenvalue weighted by atomic mass is 9.91. The lowest BCUT2D eigenvalue weighted by molar-refractivity contribution is 0.397. The summed E-state index contributed by atoms with van der Waals surface area (Å²) in [6.07, 6.45) is 2.41. The van der Waals surface area contributed by atoms with Crippen LogP contribution in [0.3, 0.4) is 0 Å². The van der Waals surface area contributed by atoms with Gasteiger partial charge in [-0.05, 0) is 30.9 Å². The number of fused-ring (bicyclic) bond motifs is 1. The second-order valence-electron chi connectivity index (χ2n) is 6.80. The van der Waals surface area contributed by atoms with Gasteiger partial charge in [-0.2, -0.15) is 0 Å². The molecule has 6 nitrogen and oxygen atoms in total. The molecule has 0 aliphatic carbocycles. The van der Waals surface area contributed by atoms with Gasteiger partial charge in [-0.3, -0.25) is 4.79 Å². The minimum Gasteiger partial charge on any atom is -0.497 e. The summed E-state index contributed by atoms with van der Waals surface area (Å²) in [4.78, 5) is 20.2. The molecular formula is C21H23N3O3. The number of hydrogen-bond donors (Lipinski definition) is 2. The summed E-state index contributed by atoms with van der Waals surface area (Å²) >= 11 is 0. The number of benzene rings is 2. The molecular weight excluding hydrogens is 342 g/mol. The molecule has 27 heavy (non-hydrogen) atoms. The highest BCUT2D eigenvalue weighted by molar-refractivity contribution is 5.87. The zero-order valence-corrected chi connectivity index (χ0v) is 15.5. The molecule has 6 heteroatoms. The molecule has 4 rings (SSSR count). The number of nitrogens with one attached hydrogen (secondary N) is 2. The van der Waals surface area contributed by atoms with E-state index in [0.29, 0.717) is 34.1 Å². The van der Waals surface area contributed by atoms with Gasteiger partial charge in [0.25, 0.3) is 5.56 Å². The number of methoxy groups -OCH3 is 2. The molecule has 0 bridgehead atoms. The van der Waals surface area contributed by atoms with Crippen molar-refractivity contribution in [3.05, 3.63) is 52.3 Å². The maximum absolute atomic E-state index is 12.6. The first-order chi connectivity index (χ1) is 13.2. The van der Waals surface area contributed by atoms with Crippen molar-refractivity contribution in [3.63, 3.8) is 0 Å². The van der Waals surface area contributed by atoms with E-state index in [4.69, 9.17) is 9.47 Å². The fourth-order valence-electron chi connectivity index (χ4n) is 3.68.